The smallest absolute Gasteiger partial charge is 0.306 e. The summed E-state index contributed by atoms with van der Waals surface area (Å²) in [6, 6.07) is 6.10. The highest BCUT2D eigenvalue weighted by atomic mass is 16.1. The van der Waals surface area contributed by atoms with Crippen molar-refractivity contribution in [2.24, 2.45) is 0 Å². The van der Waals surface area contributed by atoms with Crippen molar-refractivity contribution in [2.45, 2.75) is 25.8 Å². The summed E-state index contributed by atoms with van der Waals surface area (Å²) in [5.74, 6) is 0.564. The first-order valence-corrected chi connectivity index (χ1v) is 4.99. The first-order chi connectivity index (χ1) is 6.77. The zero-order valence-corrected chi connectivity index (χ0v) is 8.08. The van der Waals surface area contributed by atoms with Gasteiger partial charge in [-0.05, 0) is 24.0 Å². The van der Waals surface area contributed by atoms with Gasteiger partial charge in [-0.3, -0.25) is 4.57 Å². The van der Waals surface area contributed by atoms with E-state index >= 15 is 0 Å². The number of hydrogen-bond acceptors (Lipinski definition) is 1. The summed E-state index contributed by atoms with van der Waals surface area (Å²) in [6.45, 7) is 3.06. The molecule has 3 rings (SSSR count). The molecule has 0 fully saturated rings. The highest BCUT2D eigenvalue weighted by Gasteiger charge is 2.19. The lowest BCUT2D eigenvalue weighted by molar-refractivity contribution is 0.550. The van der Waals surface area contributed by atoms with Gasteiger partial charge in [-0.15, -0.1) is 0 Å². The van der Waals surface area contributed by atoms with Crippen LogP contribution in [-0.4, -0.2) is 9.55 Å². The Labute approximate surface area is 81.4 Å². The number of H-pyrrole nitrogens is 1. The fraction of sp³-hybridized carbons (Fsp3) is 0.364. The minimum absolute atomic E-state index is 0.0272. The number of aryl methyl sites for hydroxylation is 1. The van der Waals surface area contributed by atoms with Gasteiger partial charge in [0.05, 0.1) is 11.0 Å². The summed E-state index contributed by atoms with van der Waals surface area (Å²) in [7, 11) is 0. The Bertz CT molecular complexity index is 550. The minimum Gasteiger partial charge on any atom is -0.306 e. The highest BCUT2D eigenvalue weighted by molar-refractivity contribution is 5.80. The van der Waals surface area contributed by atoms with Crippen LogP contribution in [0.15, 0.2) is 23.0 Å². The second kappa shape index (κ2) is 2.50. The van der Waals surface area contributed by atoms with E-state index in [1.54, 1.807) is 0 Å². The molecule has 0 spiro atoms. The van der Waals surface area contributed by atoms with Gasteiger partial charge in [-0.2, -0.15) is 0 Å². The molecule has 1 atom stereocenters. The van der Waals surface area contributed by atoms with Crippen LogP contribution in [0.1, 0.15) is 24.8 Å². The molecule has 1 N–H and O–H groups in total. The Morgan fingerprint density at radius 2 is 2.36 bits per heavy atom. The van der Waals surface area contributed by atoms with Crippen LogP contribution >= 0.6 is 0 Å². The average molecular weight is 188 g/mol. The lowest BCUT2D eigenvalue weighted by Crippen LogP contribution is -2.21. The third-order valence-electron chi connectivity index (χ3n) is 3.14. The van der Waals surface area contributed by atoms with Crippen LogP contribution in [0, 0.1) is 0 Å². The first kappa shape index (κ1) is 7.85. The average Bonchev–Trinajstić information content (AvgIpc) is 2.50. The summed E-state index contributed by atoms with van der Waals surface area (Å²) in [4.78, 5) is 14.5. The minimum atomic E-state index is 0.0272. The van der Waals surface area contributed by atoms with E-state index in [0.29, 0.717) is 5.92 Å². The zero-order valence-electron chi connectivity index (χ0n) is 8.08. The van der Waals surface area contributed by atoms with Crippen molar-refractivity contribution in [2.75, 3.05) is 0 Å². The quantitative estimate of drug-likeness (QED) is 0.673. The van der Waals surface area contributed by atoms with Crippen molar-refractivity contribution in [1.82, 2.24) is 9.55 Å². The molecular formula is C11H12N2O. The topological polar surface area (TPSA) is 37.8 Å². The first-order valence-electron chi connectivity index (χ1n) is 4.99. The summed E-state index contributed by atoms with van der Waals surface area (Å²) in [6.07, 6.45) is 1.06. The third-order valence-corrected chi connectivity index (χ3v) is 3.14. The Hall–Kier alpha value is -1.51. The standard InChI is InChI=1S/C11H12N2O/c1-7-5-6-13-10-8(7)3-2-4-9(10)12-11(13)14/h2-4,7H,5-6H2,1H3,(H,12,14). The van der Waals surface area contributed by atoms with E-state index in [-0.39, 0.29) is 5.69 Å². The number of hydrogen-bond donors (Lipinski definition) is 1. The van der Waals surface area contributed by atoms with Crippen LogP contribution in [0.5, 0.6) is 0 Å². The molecule has 1 aromatic carbocycles. The number of imidazole rings is 1. The van der Waals surface area contributed by atoms with Crippen LogP contribution < -0.4 is 5.69 Å². The molecule has 0 aliphatic carbocycles. The predicted molar refractivity (Wildman–Crippen MR) is 55.6 cm³/mol. The molecule has 3 nitrogen and oxygen atoms in total. The zero-order chi connectivity index (χ0) is 9.71. The van der Waals surface area contributed by atoms with Gasteiger partial charge in [0.2, 0.25) is 0 Å². The fourth-order valence-electron chi connectivity index (χ4n) is 2.34. The van der Waals surface area contributed by atoms with Crippen molar-refractivity contribution < 1.29 is 0 Å². The van der Waals surface area contributed by atoms with Crippen LogP contribution in [-0.2, 0) is 6.54 Å². The van der Waals surface area contributed by atoms with E-state index in [0.717, 1.165) is 24.0 Å². The maximum Gasteiger partial charge on any atom is 0.326 e. The van der Waals surface area contributed by atoms with Crippen LogP contribution in [0.4, 0.5) is 0 Å². The second-order valence-corrected chi connectivity index (χ2v) is 4.01. The molecule has 0 bridgehead atoms. The van der Waals surface area contributed by atoms with Crippen molar-refractivity contribution in [3.63, 3.8) is 0 Å². The SMILES string of the molecule is CC1CCn2c(=O)[nH]c3cccc1c32. The van der Waals surface area contributed by atoms with Crippen molar-refractivity contribution in [3.8, 4) is 0 Å². The Kier molecular flexibility index (Phi) is 1.40. The number of aromatic nitrogens is 2. The Morgan fingerprint density at radius 1 is 1.50 bits per heavy atom. The maximum atomic E-state index is 11.6. The molecule has 72 valence electrons. The van der Waals surface area contributed by atoms with Gasteiger partial charge in [0.1, 0.15) is 0 Å². The van der Waals surface area contributed by atoms with Crippen molar-refractivity contribution >= 4 is 11.0 Å². The van der Waals surface area contributed by atoms with Crippen molar-refractivity contribution in [1.29, 1.82) is 0 Å². The predicted octanol–water partition coefficient (Wildman–Crippen LogP) is 1.84. The van der Waals surface area contributed by atoms with Gasteiger partial charge in [0.25, 0.3) is 0 Å². The third kappa shape index (κ3) is 0.842. The molecular weight excluding hydrogens is 176 g/mol. The molecule has 0 amide bonds. The molecule has 2 aromatic rings. The lowest BCUT2D eigenvalue weighted by Gasteiger charge is -2.20. The van der Waals surface area contributed by atoms with Gasteiger partial charge >= 0.3 is 5.69 Å². The number of nitrogens with zero attached hydrogens (tertiary/aromatic N) is 1. The van der Waals surface area contributed by atoms with Gasteiger partial charge in [0.15, 0.2) is 0 Å². The lowest BCUT2D eigenvalue weighted by atomic mass is 9.94. The molecule has 14 heavy (non-hydrogen) atoms. The number of rotatable bonds is 0. The van der Waals surface area contributed by atoms with Gasteiger partial charge in [0, 0.05) is 6.54 Å². The van der Waals surface area contributed by atoms with E-state index in [4.69, 9.17) is 0 Å². The van der Waals surface area contributed by atoms with Gasteiger partial charge < -0.3 is 4.98 Å². The molecule has 1 aliphatic rings. The number of aromatic amines is 1. The van der Waals surface area contributed by atoms with E-state index in [1.807, 2.05) is 16.7 Å². The molecule has 1 aromatic heterocycles. The Balaban J connectivity index is 2.53. The molecule has 2 heterocycles. The molecule has 0 saturated carbocycles. The van der Waals surface area contributed by atoms with E-state index in [2.05, 4.69) is 18.0 Å². The monoisotopic (exact) mass is 188 g/mol. The molecule has 1 aliphatic heterocycles. The second-order valence-electron chi connectivity index (χ2n) is 4.01. The number of benzene rings is 1. The molecule has 0 radical (unpaired) electrons. The maximum absolute atomic E-state index is 11.6. The summed E-state index contributed by atoms with van der Waals surface area (Å²) < 4.78 is 1.85. The largest absolute Gasteiger partial charge is 0.326 e. The van der Waals surface area contributed by atoms with Crippen molar-refractivity contribution in [3.05, 3.63) is 34.2 Å². The fourth-order valence-corrected chi connectivity index (χ4v) is 2.34. The van der Waals surface area contributed by atoms with E-state index in [9.17, 15) is 4.79 Å². The van der Waals surface area contributed by atoms with E-state index in [1.165, 1.54) is 5.56 Å². The highest BCUT2D eigenvalue weighted by Crippen LogP contribution is 2.30. The Morgan fingerprint density at radius 3 is 3.21 bits per heavy atom. The number of nitrogens with one attached hydrogen (secondary N) is 1. The molecule has 1 unspecified atom stereocenters. The van der Waals surface area contributed by atoms with E-state index < -0.39 is 0 Å². The normalized spacial score (nSPS) is 20.2. The summed E-state index contributed by atoms with van der Waals surface area (Å²) >= 11 is 0. The van der Waals surface area contributed by atoms with Crippen LogP contribution in [0.3, 0.4) is 0 Å². The van der Waals surface area contributed by atoms with Gasteiger partial charge in [-0.1, -0.05) is 19.1 Å². The van der Waals surface area contributed by atoms with Gasteiger partial charge in [-0.25, -0.2) is 4.79 Å². The number of para-hydroxylation sites is 1. The summed E-state index contributed by atoms with van der Waals surface area (Å²) in [5, 5.41) is 0. The van der Waals surface area contributed by atoms with Crippen LogP contribution in [0.25, 0.3) is 11.0 Å². The summed E-state index contributed by atoms with van der Waals surface area (Å²) in [5.41, 5.74) is 3.40. The molecule has 3 heteroatoms. The van der Waals surface area contributed by atoms with Crippen LogP contribution in [0.2, 0.25) is 0 Å². The molecule has 0 saturated heterocycles.